The van der Waals surface area contributed by atoms with Gasteiger partial charge in [-0.1, -0.05) is 27.4 Å². The second kappa shape index (κ2) is 6.24. The van der Waals surface area contributed by atoms with Gasteiger partial charge in [-0.05, 0) is 48.3 Å². The fraction of sp³-hybridized carbons (Fsp3) is 0.381. The smallest absolute Gasteiger partial charge is 0.227 e. The highest BCUT2D eigenvalue weighted by Crippen LogP contribution is 2.38. The Morgan fingerprint density at radius 1 is 1.27 bits per heavy atom. The van der Waals surface area contributed by atoms with Crippen LogP contribution < -0.4 is 5.32 Å². The predicted octanol–water partition coefficient (Wildman–Crippen LogP) is 4.59. The summed E-state index contributed by atoms with van der Waals surface area (Å²) in [4.78, 5) is 16.7. The summed E-state index contributed by atoms with van der Waals surface area (Å²) in [7, 11) is 0. The van der Waals surface area contributed by atoms with Crippen molar-refractivity contribution < 1.29 is 0 Å². The third-order valence-corrected chi connectivity index (χ3v) is 5.39. The second-order valence-electron chi connectivity index (χ2n) is 8.17. The number of aromatic nitrogens is 4. The van der Waals surface area contributed by atoms with Crippen LogP contribution in [0.2, 0.25) is 0 Å². The van der Waals surface area contributed by atoms with Crippen LogP contribution in [0.1, 0.15) is 44.0 Å². The summed E-state index contributed by atoms with van der Waals surface area (Å²) < 4.78 is 0. The minimum absolute atomic E-state index is 0.335. The summed E-state index contributed by atoms with van der Waals surface area (Å²) in [6, 6.07) is 4.06. The van der Waals surface area contributed by atoms with Crippen molar-refractivity contribution >= 4 is 22.7 Å². The molecule has 0 bridgehead atoms. The summed E-state index contributed by atoms with van der Waals surface area (Å²) in [6.45, 7) is 11.2. The number of rotatable bonds is 3. The predicted molar refractivity (Wildman–Crippen MR) is 106 cm³/mol. The van der Waals surface area contributed by atoms with E-state index in [9.17, 15) is 0 Å². The van der Waals surface area contributed by atoms with E-state index in [1.165, 1.54) is 17.7 Å². The Kier molecular flexibility index (Phi) is 4.02. The van der Waals surface area contributed by atoms with Crippen LogP contribution in [0.25, 0.3) is 16.7 Å². The molecule has 2 N–H and O–H groups in total. The van der Waals surface area contributed by atoms with Gasteiger partial charge in [-0.3, -0.25) is 4.98 Å². The fourth-order valence-electron chi connectivity index (χ4n) is 3.73. The number of aryl methyl sites for hydroxylation is 1. The second-order valence-corrected chi connectivity index (χ2v) is 8.17. The summed E-state index contributed by atoms with van der Waals surface area (Å²) in [5.74, 6) is 1.24. The fourth-order valence-corrected chi connectivity index (χ4v) is 3.73. The first-order chi connectivity index (χ1) is 12.4. The molecule has 4 rings (SSSR count). The van der Waals surface area contributed by atoms with E-state index < -0.39 is 0 Å². The van der Waals surface area contributed by atoms with Crippen molar-refractivity contribution in [1.29, 1.82) is 0 Å². The molecule has 5 heteroatoms. The Hall–Kier alpha value is -2.69. The quantitative estimate of drug-likeness (QED) is 0.727. The lowest BCUT2D eigenvalue weighted by Crippen LogP contribution is -2.27. The Bertz CT molecular complexity index is 950. The molecule has 0 amide bonds. The lowest BCUT2D eigenvalue weighted by Gasteiger charge is -2.34. The summed E-state index contributed by atoms with van der Waals surface area (Å²) >= 11 is 0. The van der Waals surface area contributed by atoms with Crippen molar-refractivity contribution in [1.82, 2.24) is 19.9 Å². The molecule has 0 saturated carbocycles. The topological polar surface area (TPSA) is 66.5 Å². The Morgan fingerprint density at radius 3 is 2.77 bits per heavy atom. The maximum Gasteiger partial charge on any atom is 0.227 e. The number of anilines is 1. The molecule has 0 saturated heterocycles. The normalized spacial score (nSPS) is 17.1. The molecule has 1 aliphatic carbocycles. The van der Waals surface area contributed by atoms with Crippen LogP contribution in [-0.2, 0) is 12.8 Å². The third kappa shape index (κ3) is 3.09. The van der Waals surface area contributed by atoms with Crippen molar-refractivity contribution in [2.45, 2.75) is 40.0 Å². The van der Waals surface area contributed by atoms with Crippen LogP contribution in [0, 0.1) is 11.3 Å². The molecule has 0 radical (unpaired) electrons. The van der Waals surface area contributed by atoms with Crippen LogP contribution in [0.4, 0.5) is 5.95 Å². The van der Waals surface area contributed by atoms with Gasteiger partial charge in [0.1, 0.15) is 0 Å². The first-order valence-corrected chi connectivity index (χ1v) is 9.15. The highest BCUT2D eigenvalue weighted by Gasteiger charge is 2.29. The zero-order valence-electron chi connectivity index (χ0n) is 15.6. The number of H-pyrrole nitrogens is 1. The molecule has 26 heavy (non-hydrogen) atoms. The van der Waals surface area contributed by atoms with Crippen LogP contribution >= 0.6 is 0 Å². The van der Waals surface area contributed by atoms with Crippen molar-refractivity contribution in [2.24, 2.45) is 11.3 Å². The highest BCUT2D eigenvalue weighted by atomic mass is 15.1. The minimum Gasteiger partial charge on any atom is -0.359 e. The lowest BCUT2D eigenvalue weighted by atomic mass is 9.71. The number of hydrogen-bond acceptors (Lipinski definition) is 4. The molecule has 134 valence electrons. The molecule has 1 aliphatic rings. The zero-order valence-corrected chi connectivity index (χ0v) is 15.6. The Morgan fingerprint density at radius 2 is 2.04 bits per heavy atom. The number of nitrogens with zero attached hydrogens (tertiary/aromatic N) is 3. The summed E-state index contributed by atoms with van der Waals surface area (Å²) in [5, 5.41) is 3.17. The van der Waals surface area contributed by atoms with Crippen molar-refractivity contribution in [2.75, 3.05) is 5.32 Å². The molecule has 5 nitrogen and oxygen atoms in total. The molecule has 3 heterocycles. The Balaban J connectivity index is 1.65. The van der Waals surface area contributed by atoms with Crippen LogP contribution in [0.15, 0.2) is 37.3 Å². The van der Waals surface area contributed by atoms with E-state index in [1.54, 1.807) is 18.5 Å². The standard InChI is InChI=1S/C21H25N5/c1-13(25-20-22-8-5-9-23-20)16-12-24-18-11-14-10-15(21(2,3)4)6-7-17(14)26-19(16)18/h5,8-9,11-12,15,24H,1,6-7,10H2,2-4H3,(H,22,23,25). The van der Waals surface area contributed by atoms with E-state index in [-0.39, 0.29) is 0 Å². The van der Waals surface area contributed by atoms with Crippen molar-refractivity contribution in [3.05, 3.63) is 54.1 Å². The van der Waals surface area contributed by atoms with Gasteiger partial charge in [0.2, 0.25) is 5.95 Å². The summed E-state index contributed by atoms with van der Waals surface area (Å²) in [6.07, 6.45) is 8.72. The number of hydrogen-bond donors (Lipinski definition) is 2. The third-order valence-electron chi connectivity index (χ3n) is 5.39. The van der Waals surface area contributed by atoms with Gasteiger partial charge in [0.05, 0.1) is 11.0 Å². The molecule has 0 spiro atoms. The number of pyridine rings is 1. The van der Waals surface area contributed by atoms with Gasteiger partial charge in [-0.2, -0.15) is 0 Å². The first kappa shape index (κ1) is 16.8. The molecule has 0 fully saturated rings. The van der Waals surface area contributed by atoms with Crippen molar-refractivity contribution in [3.8, 4) is 0 Å². The van der Waals surface area contributed by atoms with E-state index in [4.69, 9.17) is 4.98 Å². The molecular weight excluding hydrogens is 322 g/mol. The molecule has 3 aromatic rings. The maximum atomic E-state index is 4.98. The Labute approximate surface area is 154 Å². The lowest BCUT2D eigenvalue weighted by molar-refractivity contribution is 0.215. The van der Waals surface area contributed by atoms with Crippen LogP contribution in [0.5, 0.6) is 0 Å². The van der Waals surface area contributed by atoms with Crippen LogP contribution in [-0.4, -0.2) is 19.9 Å². The summed E-state index contributed by atoms with van der Waals surface area (Å²) in [5.41, 5.74) is 6.68. The highest BCUT2D eigenvalue weighted by molar-refractivity contribution is 5.92. The SMILES string of the molecule is C=C(Nc1ncccn1)c1c[nH]c2cc3c(nc12)CCC(C(C)(C)C)C3. The molecule has 0 aromatic carbocycles. The first-order valence-electron chi connectivity index (χ1n) is 9.15. The van der Waals surface area contributed by atoms with Gasteiger partial charge < -0.3 is 10.3 Å². The number of fused-ring (bicyclic) bond motifs is 2. The van der Waals surface area contributed by atoms with Gasteiger partial charge >= 0.3 is 0 Å². The molecular formula is C21H25N5. The average molecular weight is 347 g/mol. The van der Waals surface area contributed by atoms with E-state index in [0.717, 1.165) is 35.1 Å². The van der Waals surface area contributed by atoms with Gasteiger partial charge in [0.15, 0.2) is 0 Å². The van der Waals surface area contributed by atoms with E-state index in [0.29, 0.717) is 17.3 Å². The van der Waals surface area contributed by atoms with E-state index >= 15 is 0 Å². The van der Waals surface area contributed by atoms with Gasteiger partial charge in [0, 0.05) is 35.5 Å². The molecule has 3 aromatic heterocycles. The van der Waals surface area contributed by atoms with Crippen molar-refractivity contribution in [3.63, 3.8) is 0 Å². The molecule has 0 aliphatic heterocycles. The van der Waals surface area contributed by atoms with Gasteiger partial charge in [-0.25, -0.2) is 9.97 Å². The largest absolute Gasteiger partial charge is 0.359 e. The molecule has 1 atom stereocenters. The van der Waals surface area contributed by atoms with Gasteiger partial charge in [0.25, 0.3) is 0 Å². The van der Waals surface area contributed by atoms with Gasteiger partial charge in [-0.15, -0.1) is 0 Å². The molecule has 1 unspecified atom stereocenters. The van der Waals surface area contributed by atoms with E-state index in [2.05, 4.69) is 53.7 Å². The maximum absolute atomic E-state index is 4.98. The van der Waals surface area contributed by atoms with Crippen LogP contribution in [0.3, 0.4) is 0 Å². The van der Waals surface area contributed by atoms with E-state index in [1.807, 2.05) is 6.20 Å². The average Bonchev–Trinajstić information content (AvgIpc) is 3.02. The monoisotopic (exact) mass is 347 g/mol. The number of nitrogens with one attached hydrogen (secondary N) is 2. The minimum atomic E-state index is 0.335. The number of aromatic amines is 1. The zero-order chi connectivity index (χ0) is 18.3.